The Hall–Kier alpha value is -4.26. The van der Waals surface area contributed by atoms with Crippen molar-refractivity contribution in [2.24, 2.45) is 0 Å². The lowest BCUT2D eigenvalue weighted by atomic mass is 9.92. The van der Waals surface area contributed by atoms with Crippen LogP contribution in [0, 0.1) is 0 Å². The standard InChI is InChI=1S/C32H35NO6/c1-7-38-27-17-12-21(18-25(27)19(2)3)30(34)28-29(24-10-8-9-11-26(24)37-6)33(32(36)31(28)35)22-13-15-23(16-14-22)39-20(4)5/h8-20,29,34H,7H2,1-6H3/b30-28+. The first-order valence-electron chi connectivity index (χ1n) is 13.2. The van der Waals surface area contributed by atoms with Gasteiger partial charge in [0.05, 0.1) is 31.4 Å². The predicted molar refractivity (Wildman–Crippen MR) is 152 cm³/mol. The summed E-state index contributed by atoms with van der Waals surface area (Å²) in [6, 6.07) is 18.6. The number of ether oxygens (including phenoxy) is 3. The summed E-state index contributed by atoms with van der Waals surface area (Å²) in [4.78, 5) is 28.5. The number of amides is 1. The highest BCUT2D eigenvalue weighted by molar-refractivity contribution is 6.51. The van der Waals surface area contributed by atoms with Crippen LogP contribution in [0.4, 0.5) is 5.69 Å². The van der Waals surface area contributed by atoms with Crippen LogP contribution in [0.2, 0.25) is 0 Å². The lowest BCUT2D eigenvalue weighted by molar-refractivity contribution is -0.132. The molecule has 1 amide bonds. The maximum Gasteiger partial charge on any atom is 0.300 e. The van der Waals surface area contributed by atoms with Gasteiger partial charge in [0, 0.05) is 16.8 Å². The number of nitrogens with zero attached hydrogens (tertiary/aromatic N) is 1. The van der Waals surface area contributed by atoms with Crippen LogP contribution >= 0.6 is 0 Å². The van der Waals surface area contributed by atoms with Crippen molar-refractivity contribution in [2.45, 2.75) is 52.7 Å². The van der Waals surface area contributed by atoms with Crippen molar-refractivity contribution in [3.8, 4) is 17.2 Å². The van der Waals surface area contributed by atoms with Crippen LogP contribution in [0.25, 0.3) is 5.76 Å². The number of carbonyl (C=O) groups is 2. The number of aliphatic hydroxyl groups excluding tert-OH is 1. The van der Waals surface area contributed by atoms with Crippen LogP contribution in [0.15, 0.2) is 72.3 Å². The van der Waals surface area contributed by atoms with Gasteiger partial charge in [-0.25, -0.2) is 0 Å². The van der Waals surface area contributed by atoms with E-state index in [2.05, 4.69) is 0 Å². The van der Waals surface area contributed by atoms with Crippen molar-refractivity contribution < 1.29 is 28.9 Å². The average Bonchev–Trinajstić information content (AvgIpc) is 3.18. The van der Waals surface area contributed by atoms with Crippen molar-refractivity contribution in [1.29, 1.82) is 0 Å². The topological polar surface area (TPSA) is 85.3 Å². The highest BCUT2D eigenvalue weighted by Gasteiger charge is 2.48. The fourth-order valence-electron chi connectivity index (χ4n) is 4.83. The van der Waals surface area contributed by atoms with Gasteiger partial charge in [-0.1, -0.05) is 32.0 Å². The van der Waals surface area contributed by atoms with Crippen LogP contribution in [0.5, 0.6) is 17.2 Å². The third-order valence-electron chi connectivity index (χ3n) is 6.57. The van der Waals surface area contributed by atoms with E-state index in [1.165, 1.54) is 12.0 Å². The Labute approximate surface area is 229 Å². The van der Waals surface area contributed by atoms with E-state index in [0.717, 1.165) is 11.3 Å². The number of carbonyl (C=O) groups excluding carboxylic acids is 2. The Morgan fingerprint density at radius 1 is 0.949 bits per heavy atom. The second-order valence-corrected chi connectivity index (χ2v) is 9.91. The highest BCUT2D eigenvalue weighted by atomic mass is 16.5. The Bertz CT molecular complexity index is 1390. The summed E-state index contributed by atoms with van der Waals surface area (Å²) in [5, 5.41) is 11.6. The van der Waals surface area contributed by atoms with E-state index in [0.29, 0.717) is 34.9 Å². The number of hydrogen-bond donors (Lipinski definition) is 1. The third kappa shape index (κ3) is 5.48. The molecular weight excluding hydrogens is 494 g/mol. The zero-order chi connectivity index (χ0) is 28.3. The Morgan fingerprint density at radius 2 is 1.64 bits per heavy atom. The quantitative estimate of drug-likeness (QED) is 0.190. The van der Waals surface area contributed by atoms with E-state index in [-0.39, 0.29) is 23.4 Å². The molecule has 1 aliphatic heterocycles. The van der Waals surface area contributed by atoms with Gasteiger partial charge in [0.15, 0.2) is 0 Å². The number of benzene rings is 3. The van der Waals surface area contributed by atoms with E-state index in [1.807, 2.05) is 52.8 Å². The van der Waals surface area contributed by atoms with Gasteiger partial charge in [-0.3, -0.25) is 14.5 Å². The van der Waals surface area contributed by atoms with Crippen LogP contribution in [0.3, 0.4) is 0 Å². The second-order valence-electron chi connectivity index (χ2n) is 9.91. The third-order valence-corrected chi connectivity index (χ3v) is 6.57. The molecule has 1 aliphatic rings. The molecule has 4 rings (SSSR count). The van der Waals surface area contributed by atoms with Gasteiger partial charge >= 0.3 is 0 Å². The van der Waals surface area contributed by atoms with Crippen LogP contribution in [0.1, 0.15) is 63.3 Å². The van der Waals surface area contributed by atoms with Crippen LogP contribution < -0.4 is 19.1 Å². The van der Waals surface area contributed by atoms with Crippen molar-refractivity contribution >= 4 is 23.1 Å². The molecule has 0 aliphatic carbocycles. The number of rotatable bonds is 9. The molecule has 0 aromatic heterocycles. The summed E-state index contributed by atoms with van der Waals surface area (Å²) in [6.07, 6.45) is -0.0106. The molecule has 7 nitrogen and oxygen atoms in total. The van der Waals surface area contributed by atoms with E-state index in [1.54, 1.807) is 48.5 Å². The van der Waals surface area contributed by atoms with Gasteiger partial charge in [0.2, 0.25) is 0 Å². The van der Waals surface area contributed by atoms with E-state index in [4.69, 9.17) is 14.2 Å². The minimum absolute atomic E-state index is 0.00845. The SMILES string of the molecule is CCOc1ccc(/C(O)=C2\C(=O)C(=O)N(c3ccc(OC(C)C)cc3)C2c2ccccc2OC)cc1C(C)C. The van der Waals surface area contributed by atoms with Gasteiger partial charge in [0.25, 0.3) is 11.7 Å². The molecule has 1 fully saturated rings. The minimum atomic E-state index is -0.910. The van der Waals surface area contributed by atoms with E-state index >= 15 is 0 Å². The maximum atomic E-state index is 13.6. The summed E-state index contributed by atoms with van der Waals surface area (Å²) in [5.74, 6) is 0.208. The predicted octanol–water partition coefficient (Wildman–Crippen LogP) is 6.63. The summed E-state index contributed by atoms with van der Waals surface area (Å²) in [6.45, 7) is 10.3. The van der Waals surface area contributed by atoms with Gasteiger partial charge in [-0.05, 0) is 80.8 Å². The molecule has 3 aromatic carbocycles. The summed E-state index contributed by atoms with van der Waals surface area (Å²) in [5.41, 5.74) is 2.40. The highest BCUT2D eigenvalue weighted by Crippen LogP contribution is 2.45. The first-order valence-corrected chi connectivity index (χ1v) is 13.2. The lowest BCUT2D eigenvalue weighted by Crippen LogP contribution is -2.29. The van der Waals surface area contributed by atoms with Gasteiger partial charge in [-0.2, -0.15) is 0 Å². The smallest absolute Gasteiger partial charge is 0.300 e. The Kier molecular flexibility index (Phi) is 8.29. The Morgan fingerprint density at radius 3 is 2.26 bits per heavy atom. The van der Waals surface area contributed by atoms with Gasteiger partial charge < -0.3 is 19.3 Å². The molecule has 1 heterocycles. The molecule has 1 unspecified atom stereocenters. The summed E-state index contributed by atoms with van der Waals surface area (Å²) < 4.78 is 17.1. The van der Waals surface area contributed by atoms with Crippen LogP contribution in [-0.4, -0.2) is 36.6 Å². The molecule has 0 radical (unpaired) electrons. The normalized spacial score (nSPS) is 16.7. The van der Waals surface area contributed by atoms with Crippen molar-refractivity contribution in [1.82, 2.24) is 0 Å². The number of ketones is 1. The number of para-hydroxylation sites is 1. The number of Topliss-reactive ketones (excluding diaryl/α,β-unsaturated/α-hetero) is 1. The van der Waals surface area contributed by atoms with E-state index in [9.17, 15) is 14.7 Å². The number of aliphatic hydroxyl groups is 1. The van der Waals surface area contributed by atoms with Crippen LogP contribution in [-0.2, 0) is 9.59 Å². The molecule has 0 spiro atoms. The molecule has 204 valence electrons. The first-order chi connectivity index (χ1) is 18.7. The van der Waals surface area contributed by atoms with Gasteiger partial charge in [-0.15, -0.1) is 0 Å². The molecule has 7 heteroatoms. The first kappa shape index (κ1) is 27.8. The summed E-state index contributed by atoms with van der Waals surface area (Å²) >= 11 is 0. The molecule has 1 saturated heterocycles. The minimum Gasteiger partial charge on any atom is -0.507 e. The van der Waals surface area contributed by atoms with Crippen molar-refractivity contribution in [3.05, 3.63) is 89.0 Å². The zero-order valence-corrected chi connectivity index (χ0v) is 23.2. The molecule has 0 bridgehead atoms. The number of hydrogen-bond acceptors (Lipinski definition) is 6. The van der Waals surface area contributed by atoms with Gasteiger partial charge in [0.1, 0.15) is 23.0 Å². The molecule has 3 aromatic rings. The Balaban J connectivity index is 1.91. The second kappa shape index (κ2) is 11.6. The number of methoxy groups -OCH3 is 1. The fourth-order valence-corrected chi connectivity index (χ4v) is 4.83. The molecule has 0 saturated carbocycles. The maximum absolute atomic E-state index is 13.6. The fraction of sp³-hybridized carbons (Fsp3) is 0.312. The summed E-state index contributed by atoms with van der Waals surface area (Å²) in [7, 11) is 1.53. The molecule has 39 heavy (non-hydrogen) atoms. The van der Waals surface area contributed by atoms with Crippen molar-refractivity contribution in [2.75, 3.05) is 18.6 Å². The molecule has 1 atom stereocenters. The molecule has 1 N–H and O–H groups in total. The molecular formula is C32H35NO6. The lowest BCUT2D eigenvalue weighted by Gasteiger charge is -2.27. The number of anilines is 1. The van der Waals surface area contributed by atoms with E-state index < -0.39 is 17.7 Å². The largest absolute Gasteiger partial charge is 0.507 e. The monoisotopic (exact) mass is 529 g/mol. The average molecular weight is 530 g/mol. The van der Waals surface area contributed by atoms with Crippen molar-refractivity contribution in [3.63, 3.8) is 0 Å². The zero-order valence-electron chi connectivity index (χ0n) is 23.2.